The number of amides is 2. The maximum Gasteiger partial charge on any atom is 0.341 e. The number of fused-ring (bicyclic) bond motifs is 5. The van der Waals surface area contributed by atoms with Crippen LogP contribution in [0.5, 0.6) is 5.75 Å². The van der Waals surface area contributed by atoms with Gasteiger partial charge in [0.1, 0.15) is 5.75 Å². The normalized spacial score (nSPS) is 36.0. The van der Waals surface area contributed by atoms with E-state index in [1.807, 2.05) is 0 Å². The quantitative estimate of drug-likeness (QED) is 0.537. The van der Waals surface area contributed by atoms with Gasteiger partial charge in [0, 0.05) is 9.65 Å². The number of halogens is 2. The number of hydrogen-bond donors (Lipinski definition) is 1. The van der Waals surface area contributed by atoms with Crippen molar-refractivity contribution in [2.24, 2.45) is 23.7 Å². The Hall–Kier alpha value is -1.41. The summed E-state index contributed by atoms with van der Waals surface area (Å²) in [6.45, 7) is -0.437. The Kier molecular flexibility index (Phi) is 4.15. The second-order valence-corrected chi connectivity index (χ2v) is 8.81. The summed E-state index contributed by atoms with van der Waals surface area (Å²) in [6, 6.07) is 6.38. The van der Waals surface area contributed by atoms with Crippen LogP contribution in [0.2, 0.25) is 0 Å². The van der Waals surface area contributed by atoms with E-state index in [0.29, 0.717) is 11.4 Å². The molecule has 4 rings (SSSR count). The number of ether oxygens (including phenoxy) is 1. The van der Waals surface area contributed by atoms with E-state index in [1.165, 1.54) is 4.90 Å². The topological polar surface area (TPSA) is 83.9 Å². The Balaban J connectivity index is 1.57. The molecule has 1 aliphatic heterocycles. The minimum absolute atomic E-state index is 0.134. The summed E-state index contributed by atoms with van der Waals surface area (Å²) in [5, 5.41) is 8.63. The maximum atomic E-state index is 12.9. The molecule has 0 spiro atoms. The number of carboxylic acid groups (broad SMARTS) is 1. The molecule has 1 heterocycles. The van der Waals surface area contributed by atoms with Crippen molar-refractivity contribution >= 4 is 55.3 Å². The van der Waals surface area contributed by atoms with Gasteiger partial charge in [-0.25, -0.2) is 4.79 Å². The predicted octanol–water partition coefficient (Wildman–Crippen LogP) is 2.43. The second kappa shape index (κ2) is 6.09. The van der Waals surface area contributed by atoms with Crippen LogP contribution in [-0.4, -0.2) is 39.2 Å². The van der Waals surface area contributed by atoms with E-state index < -0.39 is 12.6 Å². The number of aliphatic carboxylic acids is 1. The summed E-state index contributed by atoms with van der Waals surface area (Å²) < 4.78 is 5.09. The molecule has 3 aliphatic rings. The van der Waals surface area contributed by atoms with Gasteiger partial charge < -0.3 is 9.84 Å². The first kappa shape index (κ1) is 17.0. The molecule has 6 unspecified atom stereocenters. The van der Waals surface area contributed by atoms with Crippen LogP contribution < -0.4 is 9.64 Å². The van der Waals surface area contributed by atoms with Crippen LogP contribution in [0.4, 0.5) is 5.69 Å². The van der Waals surface area contributed by atoms with Crippen LogP contribution in [0.1, 0.15) is 6.42 Å². The van der Waals surface area contributed by atoms with E-state index >= 15 is 0 Å². The lowest BCUT2D eigenvalue weighted by Gasteiger charge is -2.28. The van der Waals surface area contributed by atoms with Crippen LogP contribution in [0.25, 0.3) is 0 Å². The lowest BCUT2D eigenvalue weighted by molar-refractivity contribution is -0.139. The number of benzene rings is 1. The molecule has 2 amide bonds. The van der Waals surface area contributed by atoms with Crippen molar-refractivity contribution in [1.29, 1.82) is 0 Å². The molecule has 6 nitrogen and oxygen atoms in total. The van der Waals surface area contributed by atoms with Gasteiger partial charge in [-0.1, -0.05) is 31.9 Å². The minimum Gasteiger partial charge on any atom is -0.482 e. The molecular formula is C17H15Br2NO5. The number of nitrogens with zero attached hydrogens (tertiary/aromatic N) is 1. The molecule has 2 saturated carbocycles. The highest BCUT2D eigenvalue weighted by atomic mass is 79.9. The summed E-state index contributed by atoms with van der Waals surface area (Å²) in [4.78, 5) is 38.0. The number of imide groups is 1. The zero-order valence-electron chi connectivity index (χ0n) is 13.0. The van der Waals surface area contributed by atoms with E-state index in [4.69, 9.17) is 9.84 Å². The highest BCUT2D eigenvalue weighted by molar-refractivity contribution is 9.12. The molecule has 1 saturated heterocycles. The van der Waals surface area contributed by atoms with Crippen molar-refractivity contribution < 1.29 is 24.2 Å². The molecule has 2 bridgehead atoms. The number of carboxylic acids is 1. The van der Waals surface area contributed by atoms with Gasteiger partial charge in [0.25, 0.3) is 0 Å². The Morgan fingerprint density at radius 3 is 2.08 bits per heavy atom. The van der Waals surface area contributed by atoms with Crippen molar-refractivity contribution in [3.63, 3.8) is 0 Å². The fraction of sp³-hybridized carbons (Fsp3) is 0.471. The van der Waals surface area contributed by atoms with Crippen LogP contribution >= 0.6 is 31.9 Å². The SMILES string of the molecule is O=C(O)COc1ccc(N2C(=O)C3C4CC(C(Br)C4Br)C3C2=O)cc1. The minimum atomic E-state index is -1.06. The number of carbonyl (C=O) groups excluding carboxylic acids is 2. The van der Waals surface area contributed by atoms with Gasteiger partial charge >= 0.3 is 5.97 Å². The van der Waals surface area contributed by atoms with Gasteiger partial charge in [0.05, 0.1) is 17.5 Å². The molecule has 1 aromatic carbocycles. The first-order chi connectivity index (χ1) is 11.9. The standard InChI is InChI=1S/C17H15Br2NO5/c18-14-9-5-10(15(14)19)13-12(9)16(23)20(17(13)24)7-1-3-8(4-2-7)25-6-11(21)22/h1-4,9-10,12-15H,5-6H2,(H,21,22). The Bertz CT molecular complexity index is 720. The van der Waals surface area contributed by atoms with Crippen LogP contribution in [-0.2, 0) is 14.4 Å². The molecule has 8 heteroatoms. The fourth-order valence-electron chi connectivity index (χ4n) is 4.44. The highest BCUT2D eigenvalue weighted by Gasteiger charge is 2.66. The zero-order chi connectivity index (χ0) is 17.9. The lowest BCUT2D eigenvalue weighted by atomic mass is 9.81. The van der Waals surface area contributed by atoms with Gasteiger partial charge in [0.2, 0.25) is 11.8 Å². The molecule has 6 atom stereocenters. The summed E-state index contributed by atoms with van der Waals surface area (Å²) in [7, 11) is 0. The number of anilines is 1. The predicted molar refractivity (Wildman–Crippen MR) is 96.1 cm³/mol. The van der Waals surface area contributed by atoms with Crippen molar-refractivity contribution in [2.75, 3.05) is 11.5 Å². The largest absolute Gasteiger partial charge is 0.482 e. The number of rotatable bonds is 4. The van der Waals surface area contributed by atoms with Crippen molar-refractivity contribution in [3.05, 3.63) is 24.3 Å². The Morgan fingerprint density at radius 1 is 1.08 bits per heavy atom. The van der Waals surface area contributed by atoms with Crippen LogP contribution in [0.15, 0.2) is 24.3 Å². The summed E-state index contributed by atoms with van der Waals surface area (Å²) >= 11 is 7.33. The zero-order valence-corrected chi connectivity index (χ0v) is 16.1. The van der Waals surface area contributed by atoms with E-state index in [-0.39, 0.29) is 45.1 Å². The molecule has 2 aliphatic carbocycles. The third kappa shape index (κ3) is 2.52. The molecular weight excluding hydrogens is 458 g/mol. The molecule has 1 aromatic rings. The van der Waals surface area contributed by atoms with Gasteiger partial charge in [-0.3, -0.25) is 14.5 Å². The second-order valence-electron chi connectivity index (χ2n) is 6.69. The van der Waals surface area contributed by atoms with Crippen LogP contribution in [0.3, 0.4) is 0 Å². The van der Waals surface area contributed by atoms with E-state index in [0.717, 1.165) is 6.42 Å². The van der Waals surface area contributed by atoms with Gasteiger partial charge in [-0.05, 0) is 42.5 Å². The third-order valence-corrected chi connectivity index (χ3v) is 8.65. The molecule has 132 valence electrons. The fourth-order valence-corrected chi connectivity index (χ4v) is 6.31. The summed E-state index contributed by atoms with van der Waals surface area (Å²) in [5.74, 6) is -1.09. The number of hydrogen-bond acceptors (Lipinski definition) is 4. The highest BCUT2D eigenvalue weighted by Crippen LogP contribution is 2.60. The van der Waals surface area contributed by atoms with Crippen molar-refractivity contribution in [2.45, 2.75) is 16.1 Å². The van der Waals surface area contributed by atoms with E-state index in [1.54, 1.807) is 24.3 Å². The van der Waals surface area contributed by atoms with E-state index in [2.05, 4.69) is 31.9 Å². The number of carbonyl (C=O) groups is 3. The number of alkyl halides is 2. The Labute approximate surface area is 160 Å². The summed E-state index contributed by atoms with van der Waals surface area (Å²) in [6.07, 6.45) is 0.897. The Morgan fingerprint density at radius 2 is 1.60 bits per heavy atom. The van der Waals surface area contributed by atoms with Crippen molar-refractivity contribution in [1.82, 2.24) is 0 Å². The first-order valence-corrected chi connectivity index (χ1v) is 9.84. The molecule has 25 heavy (non-hydrogen) atoms. The molecule has 3 fully saturated rings. The molecule has 0 radical (unpaired) electrons. The summed E-state index contributed by atoms with van der Waals surface area (Å²) in [5.41, 5.74) is 0.503. The van der Waals surface area contributed by atoms with Crippen LogP contribution in [0, 0.1) is 23.7 Å². The van der Waals surface area contributed by atoms with Gasteiger partial charge in [-0.2, -0.15) is 0 Å². The molecule has 0 aromatic heterocycles. The van der Waals surface area contributed by atoms with E-state index in [9.17, 15) is 14.4 Å². The average Bonchev–Trinajstić information content (AvgIpc) is 3.19. The first-order valence-electron chi connectivity index (χ1n) is 8.00. The van der Waals surface area contributed by atoms with Gasteiger partial charge in [0.15, 0.2) is 6.61 Å². The monoisotopic (exact) mass is 471 g/mol. The molecule has 1 N–H and O–H groups in total. The third-order valence-electron chi connectivity index (χ3n) is 5.44. The lowest BCUT2D eigenvalue weighted by Crippen LogP contribution is -2.37. The average molecular weight is 473 g/mol. The van der Waals surface area contributed by atoms with Gasteiger partial charge in [-0.15, -0.1) is 0 Å². The van der Waals surface area contributed by atoms with Crippen molar-refractivity contribution in [3.8, 4) is 5.75 Å². The smallest absolute Gasteiger partial charge is 0.341 e. The maximum absolute atomic E-state index is 12.9.